The predicted octanol–water partition coefficient (Wildman–Crippen LogP) is 0.950. The Balaban J connectivity index is 1.42. The monoisotopic (exact) mass is 286 g/mol. The quantitative estimate of drug-likeness (QED) is 0.333. The summed E-state index contributed by atoms with van der Waals surface area (Å²) in [5.41, 5.74) is 6.34. The van der Waals surface area contributed by atoms with E-state index in [0.29, 0.717) is 29.1 Å². The first-order valence-electron chi connectivity index (χ1n) is 7.44. The van der Waals surface area contributed by atoms with Crippen LogP contribution in [0.15, 0.2) is 23.5 Å². The highest BCUT2D eigenvalue weighted by molar-refractivity contribution is 5.98. The number of hydrogen-bond acceptors (Lipinski definition) is 4. The van der Waals surface area contributed by atoms with Crippen molar-refractivity contribution >= 4 is 11.7 Å². The largest absolute Gasteiger partial charge is 0.409 e. The molecule has 1 heterocycles. The Kier molecular flexibility index (Phi) is 2.67. The first kappa shape index (κ1) is 12.6. The number of oxime groups is 1. The number of carbonyl (C=O) groups excluding carboxylic acids is 1. The molecule has 6 heteroatoms. The molecule has 1 amide bonds. The zero-order chi connectivity index (χ0) is 14.6. The minimum atomic E-state index is -0.125. The number of nitrogens with two attached hydrogens (primary N) is 1. The molecule has 1 aromatic heterocycles. The Morgan fingerprint density at radius 2 is 2.05 bits per heavy atom. The van der Waals surface area contributed by atoms with E-state index in [4.69, 9.17) is 10.9 Å². The standard InChI is InChI=1S/C15H18N4O2/c16-14(19-21)9-3-4-10(17-6-9)15(20)18-13-11-7-1-2-8(5-7)12(11)13/h3-4,6-8,11-13,21H,1-2,5H2,(H2,16,19)(H,18,20). The van der Waals surface area contributed by atoms with E-state index in [9.17, 15) is 4.79 Å². The van der Waals surface area contributed by atoms with Crippen LogP contribution in [0.25, 0.3) is 0 Å². The third-order valence-corrected chi connectivity index (χ3v) is 5.43. The number of amides is 1. The fourth-order valence-corrected chi connectivity index (χ4v) is 4.48. The highest BCUT2D eigenvalue weighted by atomic mass is 16.4. The molecule has 6 nitrogen and oxygen atoms in total. The van der Waals surface area contributed by atoms with Crippen LogP contribution < -0.4 is 11.1 Å². The lowest BCUT2D eigenvalue weighted by Crippen LogP contribution is -2.30. The van der Waals surface area contributed by atoms with E-state index < -0.39 is 0 Å². The Morgan fingerprint density at radius 1 is 1.33 bits per heavy atom. The van der Waals surface area contributed by atoms with Gasteiger partial charge in [-0.25, -0.2) is 0 Å². The normalized spacial score (nSPS) is 36.4. The van der Waals surface area contributed by atoms with Gasteiger partial charge in [0.05, 0.1) is 0 Å². The highest BCUT2D eigenvalue weighted by Gasteiger charge is 2.65. The van der Waals surface area contributed by atoms with Crippen molar-refractivity contribution in [1.29, 1.82) is 0 Å². The van der Waals surface area contributed by atoms with Gasteiger partial charge < -0.3 is 16.3 Å². The fraction of sp³-hybridized carbons (Fsp3) is 0.533. The Labute approximate surface area is 122 Å². The Hall–Kier alpha value is -2.11. The third-order valence-electron chi connectivity index (χ3n) is 5.43. The molecule has 0 aromatic carbocycles. The second-order valence-corrected chi connectivity index (χ2v) is 6.40. The SMILES string of the molecule is N/C(=N/O)c1ccc(C(=O)NC2C3C4CCC(C4)C23)nc1. The van der Waals surface area contributed by atoms with Gasteiger partial charge in [-0.1, -0.05) is 5.16 Å². The van der Waals surface area contributed by atoms with Gasteiger partial charge in [-0.3, -0.25) is 9.78 Å². The van der Waals surface area contributed by atoms with E-state index in [1.807, 2.05) is 0 Å². The van der Waals surface area contributed by atoms with Gasteiger partial charge >= 0.3 is 0 Å². The molecule has 2 bridgehead atoms. The minimum absolute atomic E-state index is 0.0113. The molecule has 3 aliphatic carbocycles. The number of hydrogen-bond donors (Lipinski definition) is 3. The Bertz CT molecular complexity index is 597. The molecule has 3 fully saturated rings. The van der Waals surface area contributed by atoms with Crippen molar-refractivity contribution in [2.24, 2.45) is 34.6 Å². The van der Waals surface area contributed by atoms with E-state index >= 15 is 0 Å². The first-order chi connectivity index (χ1) is 10.2. The summed E-state index contributed by atoms with van der Waals surface area (Å²) in [6, 6.07) is 3.60. The average Bonchev–Trinajstić information content (AvgIpc) is 2.91. The van der Waals surface area contributed by atoms with Crippen LogP contribution in [0.2, 0.25) is 0 Å². The maximum Gasteiger partial charge on any atom is 0.270 e. The van der Waals surface area contributed by atoms with E-state index in [0.717, 1.165) is 11.8 Å². The maximum atomic E-state index is 12.2. The van der Waals surface area contributed by atoms with E-state index in [-0.39, 0.29) is 11.7 Å². The van der Waals surface area contributed by atoms with E-state index in [1.165, 1.54) is 25.5 Å². The third kappa shape index (κ3) is 1.89. The van der Waals surface area contributed by atoms with Crippen LogP contribution in [0.5, 0.6) is 0 Å². The molecule has 0 saturated heterocycles. The van der Waals surface area contributed by atoms with Crippen molar-refractivity contribution in [2.45, 2.75) is 25.3 Å². The van der Waals surface area contributed by atoms with Gasteiger partial charge in [0.25, 0.3) is 5.91 Å². The second kappa shape index (κ2) is 4.44. The number of nitrogens with zero attached hydrogens (tertiary/aromatic N) is 2. The number of pyridine rings is 1. The number of amidine groups is 1. The average molecular weight is 286 g/mol. The van der Waals surface area contributed by atoms with Crippen molar-refractivity contribution in [3.63, 3.8) is 0 Å². The molecule has 1 aromatic rings. The number of fused-ring (bicyclic) bond motifs is 5. The summed E-state index contributed by atoms with van der Waals surface area (Å²) in [7, 11) is 0. The maximum absolute atomic E-state index is 12.2. The molecule has 4 rings (SSSR count). The highest BCUT2D eigenvalue weighted by Crippen LogP contribution is 2.65. The molecule has 3 aliphatic rings. The van der Waals surface area contributed by atoms with Gasteiger partial charge in [0.15, 0.2) is 5.84 Å². The number of carbonyl (C=O) groups is 1. The summed E-state index contributed by atoms with van der Waals surface area (Å²) in [5, 5.41) is 14.6. The van der Waals surface area contributed by atoms with Crippen LogP contribution >= 0.6 is 0 Å². The molecule has 0 aliphatic heterocycles. The van der Waals surface area contributed by atoms with Gasteiger partial charge in [0.2, 0.25) is 0 Å². The molecule has 4 atom stereocenters. The molecular formula is C15H18N4O2. The van der Waals surface area contributed by atoms with Crippen molar-refractivity contribution in [2.75, 3.05) is 0 Å². The molecule has 4 unspecified atom stereocenters. The number of aromatic nitrogens is 1. The van der Waals surface area contributed by atoms with Crippen molar-refractivity contribution in [3.05, 3.63) is 29.6 Å². The van der Waals surface area contributed by atoms with Gasteiger partial charge in [0.1, 0.15) is 5.69 Å². The van der Waals surface area contributed by atoms with E-state index in [2.05, 4.69) is 15.5 Å². The minimum Gasteiger partial charge on any atom is -0.409 e. The molecule has 4 N–H and O–H groups in total. The van der Waals surface area contributed by atoms with Crippen molar-refractivity contribution in [1.82, 2.24) is 10.3 Å². The van der Waals surface area contributed by atoms with Crippen LogP contribution in [0, 0.1) is 23.7 Å². The van der Waals surface area contributed by atoms with Crippen LogP contribution in [0.3, 0.4) is 0 Å². The van der Waals surface area contributed by atoms with Crippen LogP contribution in [0.1, 0.15) is 35.3 Å². The number of rotatable bonds is 3. The zero-order valence-electron chi connectivity index (χ0n) is 11.6. The summed E-state index contributed by atoms with van der Waals surface area (Å²) in [6.45, 7) is 0. The lowest BCUT2D eigenvalue weighted by molar-refractivity contribution is 0.0939. The summed E-state index contributed by atoms with van der Waals surface area (Å²) in [4.78, 5) is 16.3. The Morgan fingerprint density at radius 3 is 2.62 bits per heavy atom. The smallest absolute Gasteiger partial charge is 0.270 e. The topological polar surface area (TPSA) is 101 Å². The van der Waals surface area contributed by atoms with Gasteiger partial charge in [-0.05, 0) is 55.1 Å². The van der Waals surface area contributed by atoms with E-state index in [1.54, 1.807) is 12.1 Å². The van der Waals surface area contributed by atoms with Crippen molar-refractivity contribution < 1.29 is 10.0 Å². The lowest BCUT2D eigenvalue weighted by Gasteiger charge is -2.10. The van der Waals surface area contributed by atoms with Crippen molar-refractivity contribution in [3.8, 4) is 0 Å². The number of nitrogens with one attached hydrogen (secondary N) is 1. The molecule has 21 heavy (non-hydrogen) atoms. The summed E-state index contributed by atoms with van der Waals surface area (Å²) < 4.78 is 0. The lowest BCUT2D eigenvalue weighted by atomic mass is 10.0. The summed E-state index contributed by atoms with van der Waals surface area (Å²) >= 11 is 0. The van der Waals surface area contributed by atoms with Crippen LogP contribution in [0.4, 0.5) is 0 Å². The second-order valence-electron chi connectivity index (χ2n) is 6.40. The summed E-state index contributed by atoms with van der Waals surface area (Å²) in [5.74, 6) is 2.96. The zero-order valence-corrected chi connectivity index (χ0v) is 11.6. The fourth-order valence-electron chi connectivity index (χ4n) is 4.48. The van der Waals surface area contributed by atoms with Crippen LogP contribution in [-0.4, -0.2) is 28.0 Å². The molecule has 0 radical (unpaired) electrons. The van der Waals surface area contributed by atoms with Gasteiger partial charge in [-0.2, -0.15) is 0 Å². The first-order valence-corrected chi connectivity index (χ1v) is 7.44. The summed E-state index contributed by atoms with van der Waals surface area (Å²) in [6.07, 6.45) is 5.49. The molecule has 0 spiro atoms. The van der Waals surface area contributed by atoms with Gasteiger partial charge in [-0.15, -0.1) is 0 Å². The van der Waals surface area contributed by atoms with Crippen LogP contribution in [-0.2, 0) is 0 Å². The predicted molar refractivity (Wildman–Crippen MR) is 75.8 cm³/mol. The molecular weight excluding hydrogens is 268 g/mol. The molecule has 3 saturated carbocycles. The van der Waals surface area contributed by atoms with Gasteiger partial charge in [0, 0.05) is 17.8 Å². The molecule has 110 valence electrons.